The van der Waals surface area contributed by atoms with Crippen LogP contribution in [0.5, 0.6) is 23.0 Å². The zero-order valence-electron chi connectivity index (χ0n) is 31.3. The van der Waals surface area contributed by atoms with Crippen molar-refractivity contribution in [2.75, 3.05) is 7.11 Å². The Balaban J connectivity index is 1.69. The standard InChI is InChI=1S/C40H41BrO12/c1-12-26-24(10)27(13-16(2)29(26)37(46)52-34-21(7)18(4)30(36(44)45)19(5)22(34)8)51-38(47)31-20(6)23(9)35(32(41)33(31)43)53-39(48)40(49)17(3)14-25(42)15-28(40)50-11/h13-15,43,49H,12H2,1-11H3,(H,44,45)/t40-/m1/s1. The van der Waals surface area contributed by atoms with E-state index >= 15 is 0 Å². The summed E-state index contributed by atoms with van der Waals surface area (Å²) in [7, 11) is 1.19. The van der Waals surface area contributed by atoms with Gasteiger partial charge in [0.2, 0.25) is 5.60 Å². The maximum atomic E-state index is 13.8. The van der Waals surface area contributed by atoms with Crippen LogP contribution >= 0.6 is 15.9 Å². The number of benzene rings is 3. The van der Waals surface area contributed by atoms with Gasteiger partial charge in [0.25, 0.3) is 0 Å². The molecule has 0 saturated carbocycles. The van der Waals surface area contributed by atoms with Crippen molar-refractivity contribution in [1.29, 1.82) is 0 Å². The fraction of sp³-hybridized carbons (Fsp3) is 0.325. The predicted octanol–water partition coefficient (Wildman–Crippen LogP) is 7.02. The van der Waals surface area contributed by atoms with E-state index in [2.05, 4.69) is 15.9 Å². The summed E-state index contributed by atoms with van der Waals surface area (Å²) >= 11 is 3.22. The number of allylic oxidation sites excluding steroid dienone is 2. The van der Waals surface area contributed by atoms with Crippen molar-refractivity contribution in [2.45, 2.75) is 81.3 Å². The Morgan fingerprint density at radius 3 is 1.79 bits per heavy atom. The molecule has 0 spiro atoms. The Morgan fingerprint density at radius 2 is 1.26 bits per heavy atom. The van der Waals surface area contributed by atoms with Gasteiger partial charge in [-0.1, -0.05) is 6.92 Å². The maximum Gasteiger partial charge on any atom is 0.356 e. The molecule has 3 aromatic carbocycles. The zero-order valence-corrected chi connectivity index (χ0v) is 32.9. The molecule has 13 heteroatoms. The van der Waals surface area contributed by atoms with Gasteiger partial charge in [-0.25, -0.2) is 19.2 Å². The molecule has 0 unspecified atom stereocenters. The molecular formula is C40H41BrO12. The van der Waals surface area contributed by atoms with E-state index in [9.17, 15) is 39.3 Å². The Morgan fingerprint density at radius 1 is 0.736 bits per heavy atom. The monoisotopic (exact) mass is 792 g/mol. The van der Waals surface area contributed by atoms with E-state index in [4.69, 9.17) is 18.9 Å². The molecule has 3 N–H and O–H groups in total. The Hall–Kier alpha value is -5.27. The van der Waals surface area contributed by atoms with Gasteiger partial charge in [0.1, 0.15) is 33.0 Å². The molecule has 0 fully saturated rings. The first-order valence-corrected chi connectivity index (χ1v) is 17.3. The van der Waals surface area contributed by atoms with Gasteiger partial charge < -0.3 is 34.3 Å². The number of rotatable bonds is 9. The van der Waals surface area contributed by atoms with Gasteiger partial charge >= 0.3 is 23.9 Å². The van der Waals surface area contributed by atoms with Crippen LogP contribution in [0.4, 0.5) is 0 Å². The van der Waals surface area contributed by atoms with Gasteiger partial charge in [-0.3, -0.25) is 4.79 Å². The summed E-state index contributed by atoms with van der Waals surface area (Å²) in [6, 6.07) is 1.52. The number of aromatic carboxylic acids is 1. The minimum absolute atomic E-state index is 0.0389. The van der Waals surface area contributed by atoms with Crippen LogP contribution in [0.25, 0.3) is 0 Å². The van der Waals surface area contributed by atoms with Crippen molar-refractivity contribution in [3.8, 4) is 23.0 Å². The smallest absolute Gasteiger partial charge is 0.356 e. The summed E-state index contributed by atoms with van der Waals surface area (Å²) in [5.41, 5.74) is 1.70. The predicted molar refractivity (Wildman–Crippen MR) is 197 cm³/mol. The number of esters is 3. The second kappa shape index (κ2) is 15.0. The number of phenols is 1. The maximum absolute atomic E-state index is 13.8. The lowest BCUT2D eigenvalue weighted by Crippen LogP contribution is -2.47. The number of halogens is 1. The van der Waals surface area contributed by atoms with E-state index < -0.39 is 41.0 Å². The van der Waals surface area contributed by atoms with E-state index in [-0.39, 0.29) is 60.9 Å². The van der Waals surface area contributed by atoms with Crippen molar-refractivity contribution in [1.82, 2.24) is 0 Å². The minimum Gasteiger partial charge on any atom is -0.506 e. The number of carboxylic acid groups (broad SMARTS) is 1. The fourth-order valence-corrected chi connectivity index (χ4v) is 7.12. The highest BCUT2D eigenvalue weighted by Crippen LogP contribution is 2.44. The normalized spacial score (nSPS) is 15.4. The SMILES string of the molecule is CCc1c(C)c(OC(=O)c2c(C)c(C)c(OC(=O)[C@@]3(O)C(C)=CC(=O)C=C3OC)c(Br)c2O)cc(C)c1C(=O)Oc1c(C)c(C)c(C(=O)O)c(C)c1C. The van der Waals surface area contributed by atoms with Crippen LogP contribution in [0.1, 0.15) is 95.0 Å². The number of carbonyl (C=O) groups excluding carboxylic acids is 4. The number of aromatic hydroxyl groups is 1. The highest BCUT2D eigenvalue weighted by Gasteiger charge is 2.48. The second-order valence-electron chi connectivity index (χ2n) is 13.0. The molecule has 0 bridgehead atoms. The van der Waals surface area contributed by atoms with Crippen LogP contribution in [0, 0.1) is 55.4 Å². The summed E-state index contributed by atoms with van der Waals surface area (Å²) in [6.07, 6.45) is 2.40. The third-order valence-electron chi connectivity index (χ3n) is 9.99. The topological polar surface area (TPSA) is 183 Å². The quantitative estimate of drug-likeness (QED) is 0.149. The van der Waals surface area contributed by atoms with E-state index in [0.717, 1.165) is 12.2 Å². The lowest BCUT2D eigenvalue weighted by Gasteiger charge is -2.30. The largest absolute Gasteiger partial charge is 0.506 e. The number of hydrogen-bond acceptors (Lipinski definition) is 11. The first kappa shape index (κ1) is 40.5. The average molecular weight is 794 g/mol. The number of aliphatic hydroxyl groups is 1. The van der Waals surface area contributed by atoms with Gasteiger partial charge in [-0.15, -0.1) is 0 Å². The molecule has 0 aromatic heterocycles. The lowest BCUT2D eigenvalue weighted by atomic mass is 9.87. The Kier molecular flexibility index (Phi) is 11.5. The minimum atomic E-state index is -2.43. The number of hydrogen-bond donors (Lipinski definition) is 3. The summed E-state index contributed by atoms with van der Waals surface area (Å²) in [5.74, 6) is -5.10. The fourth-order valence-electron chi connectivity index (χ4n) is 6.54. The van der Waals surface area contributed by atoms with Crippen molar-refractivity contribution in [3.63, 3.8) is 0 Å². The number of ketones is 1. The summed E-state index contributed by atoms with van der Waals surface area (Å²) < 4.78 is 22.3. The highest BCUT2D eigenvalue weighted by atomic mass is 79.9. The first-order valence-electron chi connectivity index (χ1n) is 16.5. The highest BCUT2D eigenvalue weighted by molar-refractivity contribution is 9.10. The van der Waals surface area contributed by atoms with Crippen LogP contribution in [0.2, 0.25) is 0 Å². The van der Waals surface area contributed by atoms with Crippen LogP contribution < -0.4 is 14.2 Å². The molecule has 0 saturated heterocycles. The first-order chi connectivity index (χ1) is 24.6. The molecule has 0 radical (unpaired) electrons. The summed E-state index contributed by atoms with van der Waals surface area (Å²) in [4.78, 5) is 64.8. The van der Waals surface area contributed by atoms with E-state index in [1.54, 1.807) is 41.5 Å². The molecule has 4 rings (SSSR count). The van der Waals surface area contributed by atoms with E-state index in [1.165, 1.54) is 33.9 Å². The zero-order chi connectivity index (χ0) is 40.0. The van der Waals surface area contributed by atoms with Crippen LogP contribution in [0.3, 0.4) is 0 Å². The van der Waals surface area contributed by atoms with Crippen molar-refractivity contribution < 1.29 is 58.2 Å². The number of methoxy groups -OCH3 is 1. The third kappa shape index (κ3) is 6.86. The molecule has 1 atom stereocenters. The molecule has 12 nitrogen and oxygen atoms in total. The Bertz CT molecular complexity index is 2150. The van der Waals surface area contributed by atoms with E-state index in [0.29, 0.717) is 45.4 Å². The lowest BCUT2D eigenvalue weighted by molar-refractivity contribution is -0.151. The summed E-state index contributed by atoms with van der Waals surface area (Å²) in [6.45, 7) is 16.3. The van der Waals surface area contributed by atoms with Gasteiger partial charge in [-0.2, -0.15) is 0 Å². The molecular weight excluding hydrogens is 752 g/mol. The van der Waals surface area contributed by atoms with Gasteiger partial charge in [0.15, 0.2) is 11.5 Å². The average Bonchev–Trinajstić information content (AvgIpc) is 3.09. The van der Waals surface area contributed by atoms with Crippen LogP contribution in [-0.2, 0) is 20.7 Å². The van der Waals surface area contributed by atoms with Crippen molar-refractivity contribution in [2.24, 2.45) is 0 Å². The van der Waals surface area contributed by atoms with Gasteiger partial charge in [0, 0.05) is 6.08 Å². The molecule has 1 aliphatic rings. The Labute approximate surface area is 315 Å². The number of ether oxygens (including phenoxy) is 4. The summed E-state index contributed by atoms with van der Waals surface area (Å²) in [5, 5.41) is 32.2. The molecule has 0 amide bonds. The van der Waals surface area contributed by atoms with Gasteiger partial charge in [0.05, 0.1) is 18.2 Å². The third-order valence-corrected chi connectivity index (χ3v) is 10.7. The van der Waals surface area contributed by atoms with Crippen molar-refractivity contribution >= 4 is 45.6 Å². The molecule has 1 aliphatic carbocycles. The molecule has 3 aromatic rings. The number of carbonyl (C=O) groups is 5. The van der Waals surface area contributed by atoms with E-state index in [1.807, 2.05) is 6.92 Å². The molecule has 280 valence electrons. The number of phenolic OH excluding ortho intramolecular Hbond substituents is 1. The van der Waals surface area contributed by atoms with Crippen molar-refractivity contribution in [3.05, 3.63) is 101 Å². The van der Waals surface area contributed by atoms with Crippen LogP contribution in [-0.4, -0.2) is 57.7 Å². The molecule has 53 heavy (non-hydrogen) atoms. The second-order valence-corrected chi connectivity index (χ2v) is 13.8. The number of aryl methyl sites for hydroxylation is 1. The number of carboxylic acids is 1. The molecule has 0 heterocycles. The van der Waals surface area contributed by atoms with Gasteiger partial charge in [-0.05, 0) is 152 Å². The molecule has 0 aliphatic heterocycles. The van der Waals surface area contributed by atoms with Crippen LogP contribution in [0.15, 0.2) is 34.0 Å².